The molecule has 2 nitrogen and oxygen atoms in total. The summed E-state index contributed by atoms with van der Waals surface area (Å²) in [5.41, 5.74) is 0.151. The predicted octanol–water partition coefficient (Wildman–Crippen LogP) is 3.10. The summed E-state index contributed by atoms with van der Waals surface area (Å²) in [5, 5.41) is 12.6. The molecule has 0 aromatic heterocycles. The lowest BCUT2D eigenvalue weighted by Gasteiger charge is -2.30. The Labute approximate surface area is 95.5 Å². The summed E-state index contributed by atoms with van der Waals surface area (Å²) in [4.78, 5) is 0. The normalized spacial score (nSPS) is 15.2. The fraction of sp³-hybridized carbons (Fsp3) is 1.00. The number of aliphatic hydroxyl groups is 1. The van der Waals surface area contributed by atoms with E-state index >= 15 is 0 Å². The van der Waals surface area contributed by atoms with Crippen LogP contribution in [0.5, 0.6) is 0 Å². The summed E-state index contributed by atoms with van der Waals surface area (Å²) in [7, 11) is 0. The summed E-state index contributed by atoms with van der Waals surface area (Å²) in [6.07, 6.45) is 8.46. The highest BCUT2D eigenvalue weighted by molar-refractivity contribution is 4.82. The third-order valence-electron chi connectivity index (χ3n) is 3.05. The molecule has 92 valence electrons. The summed E-state index contributed by atoms with van der Waals surface area (Å²) in [6.45, 7) is 8.02. The molecule has 0 aromatic carbocycles. The van der Waals surface area contributed by atoms with Crippen molar-refractivity contribution in [3.8, 4) is 0 Å². The second-order valence-electron chi connectivity index (χ2n) is 4.77. The van der Waals surface area contributed by atoms with Crippen LogP contribution in [0.3, 0.4) is 0 Å². The van der Waals surface area contributed by atoms with Crippen LogP contribution in [0, 0.1) is 0 Å². The van der Waals surface area contributed by atoms with Crippen molar-refractivity contribution in [2.45, 2.75) is 71.3 Å². The molecule has 0 aliphatic rings. The van der Waals surface area contributed by atoms with E-state index in [1.54, 1.807) is 0 Å². The van der Waals surface area contributed by atoms with Gasteiger partial charge in [0.2, 0.25) is 0 Å². The summed E-state index contributed by atoms with van der Waals surface area (Å²) in [6, 6.07) is 0. The minimum Gasteiger partial charge on any atom is -0.396 e. The van der Waals surface area contributed by atoms with Gasteiger partial charge in [-0.3, -0.25) is 0 Å². The molecule has 0 heterocycles. The van der Waals surface area contributed by atoms with Crippen LogP contribution in [0.1, 0.15) is 65.7 Å². The smallest absolute Gasteiger partial charge is 0.0448 e. The van der Waals surface area contributed by atoms with Crippen molar-refractivity contribution in [3.05, 3.63) is 0 Å². The number of hydrogen-bond donors (Lipinski definition) is 2. The third kappa shape index (κ3) is 7.80. The number of unbranched alkanes of at least 4 members (excludes halogenated alkanes) is 3. The van der Waals surface area contributed by atoms with Crippen molar-refractivity contribution < 1.29 is 5.11 Å². The largest absolute Gasteiger partial charge is 0.396 e. The van der Waals surface area contributed by atoms with Crippen LogP contribution < -0.4 is 5.32 Å². The molecule has 2 heteroatoms. The SMILES string of the molecule is CCCCCCC(C)(CCO)NCCC. The van der Waals surface area contributed by atoms with Gasteiger partial charge in [-0.15, -0.1) is 0 Å². The van der Waals surface area contributed by atoms with Crippen molar-refractivity contribution in [1.82, 2.24) is 5.32 Å². The number of rotatable bonds is 10. The van der Waals surface area contributed by atoms with Crippen molar-refractivity contribution in [2.75, 3.05) is 13.2 Å². The van der Waals surface area contributed by atoms with Gasteiger partial charge in [0.15, 0.2) is 0 Å². The zero-order chi connectivity index (χ0) is 11.6. The van der Waals surface area contributed by atoms with E-state index in [2.05, 4.69) is 26.1 Å². The van der Waals surface area contributed by atoms with Crippen molar-refractivity contribution >= 4 is 0 Å². The van der Waals surface area contributed by atoms with E-state index in [1.165, 1.54) is 32.1 Å². The molecule has 0 spiro atoms. The Morgan fingerprint density at radius 1 is 1.00 bits per heavy atom. The highest BCUT2D eigenvalue weighted by Crippen LogP contribution is 2.18. The average Bonchev–Trinajstić information content (AvgIpc) is 2.22. The van der Waals surface area contributed by atoms with Gasteiger partial charge in [-0.25, -0.2) is 0 Å². The molecular formula is C13H29NO. The molecule has 0 fully saturated rings. The maximum Gasteiger partial charge on any atom is 0.0448 e. The Morgan fingerprint density at radius 3 is 2.27 bits per heavy atom. The molecule has 0 aliphatic heterocycles. The fourth-order valence-corrected chi connectivity index (χ4v) is 1.92. The summed E-state index contributed by atoms with van der Waals surface area (Å²) >= 11 is 0. The number of hydrogen-bond acceptors (Lipinski definition) is 2. The van der Waals surface area contributed by atoms with Gasteiger partial charge in [0, 0.05) is 12.1 Å². The standard InChI is InChI=1S/C13H29NO/c1-4-6-7-8-9-13(3,10-12-15)14-11-5-2/h14-15H,4-12H2,1-3H3. The molecule has 0 saturated carbocycles. The van der Waals surface area contributed by atoms with Crippen molar-refractivity contribution in [1.29, 1.82) is 0 Å². The Balaban J connectivity index is 3.78. The molecule has 1 atom stereocenters. The van der Waals surface area contributed by atoms with Gasteiger partial charge >= 0.3 is 0 Å². The first-order valence-corrected chi connectivity index (χ1v) is 6.54. The monoisotopic (exact) mass is 215 g/mol. The average molecular weight is 215 g/mol. The Bertz CT molecular complexity index is 138. The molecule has 2 N–H and O–H groups in total. The molecule has 0 rings (SSSR count). The second kappa shape index (κ2) is 9.17. The van der Waals surface area contributed by atoms with E-state index in [4.69, 9.17) is 5.11 Å². The van der Waals surface area contributed by atoms with Gasteiger partial charge in [0.1, 0.15) is 0 Å². The molecule has 0 saturated heterocycles. The maximum atomic E-state index is 9.06. The number of nitrogens with one attached hydrogen (secondary N) is 1. The first-order chi connectivity index (χ1) is 7.18. The zero-order valence-electron chi connectivity index (χ0n) is 10.8. The minimum absolute atomic E-state index is 0.151. The zero-order valence-corrected chi connectivity index (χ0v) is 10.8. The van der Waals surface area contributed by atoms with E-state index in [9.17, 15) is 0 Å². The Hall–Kier alpha value is -0.0800. The van der Waals surface area contributed by atoms with E-state index < -0.39 is 0 Å². The topological polar surface area (TPSA) is 32.3 Å². The maximum absolute atomic E-state index is 9.06. The molecule has 1 unspecified atom stereocenters. The van der Waals surface area contributed by atoms with Gasteiger partial charge in [0.05, 0.1) is 0 Å². The van der Waals surface area contributed by atoms with Crippen LogP contribution in [0.2, 0.25) is 0 Å². The molecule has 0 aromatic rings. The summed E-state index contributed by atoms with van der Waals surface area (Å²) < 4.78 is 0. The Kier molecular flexibility index (Phi) is 9.12. The highest BCUT2D eigenvalue weighted by atomic mass is 16.3. The van der Waals surface area contributed by atoms with Crippen LogP contribution >= 0.6 is 0 Å². The van der Waals surface area contributed by atoms with Gasteiger partial charge in [0.25, 0.3) is 0 Å². The van der Waals surface area contributed by atoms with Crippen molar-refractivity contribution in [2.24, 2.45) is 0 Å². The van der Waals surface area contributed by atoms with Gasteiger partial charge < -0.3 is 10.4 Å². The lowest BCUT2D eigenvalue weighted by molar-refractivity contribution is 0.208. The molecule has 0 aliphatic carbocycles. The van der Waals surface area contributed by atoms with Gasteiger partial charge in [-0.2, -0.15) is 0 Å². The van der Waals surface area contributed by atoms with Crippen LogP contribution in [-0.4, -0.2) is 23.8 Å². The summed E-state index contributed by atoms with van der Waals surface area (Å²) in [5.74, 6) is 0. The molecular weight excluding hydrogens is 186 g/mol. The van der Waals surface area contributed by atoms with Gasteiger partial charge in [-0.05, 0) is 32.7 Å². The molecule has 0 radical (unpaired) electrons. The Morgan fingerprint density at radius 2 is 1.73 bits per heavy atom. The quantitative estimate of drug-likeness (QED) is 0.549. The lowest BCUT2D eigenvalue weighted by atomic mass is 9.90. The molecule has 15 heavy (non-hydrogen) atoms. The van der Waals surface area contributed by atoms with Gasteiger partial charge in [-0.1, -0.05) is 39.5 Å². The fourth-order valence-electron chi connectivity index (χ4n) is 1.92. The van der Waals surface area contributed by atoms with Crippen LogP contribution in [0.15, 0.2) is 0 Å². The lowest BCUT2D eigenvalue weighted by Crippen LogP contribution is -2.43. The first-order valence-electron chi connectivity index (χ1n) is 6.54. The van der Waals surface area contributed by atoms with E-state index in [-0.39, 0.29) is 5.54 Å². The van der Waals surface area contributed by atoms with Crippen LogP contribution in [-0.2, 0) is 0 Å². The first kappa shape index (κ1) is 14.9. The third-order valence-corrected chi connectivity index (χ3v) is 3.05. The second-order valence-corrected chi connectivity index (χ2v) is 4.77. The van der Waals surface area contributed by atoms with Crippen LogP contribution in [0.4, 0.5) is 0 Å². The highest BCUT2D eigenvalue weighted by Gasteiger charge is 2.21. The molecule has 0 bridgehead atoms. The minimum atomic E-state index is 0.151. The predicted molar refractivity (Wildman–Crippen MR) is 67.2 cm³/mol. The van der Waals surface area contributed by atoms with E-state index in [0.29, 0.717) is 6.61 Å². The van der Waals surface area contributed by atoms with E-state index in [0.717, 1.165) is 19.4 Å². The molecule has 0 amide bonds. The van der Waals surface area contributed by atoms with Crippen molar-refractivity contribution in [3.63, 3.8) is 0 Å². The van der Waals surface area contributed by atoms with E-state index in [1.807, 2.05) is 0 Å². The van der Waals surface area contributed by atoms with Crippen LogP contribution in [0.25, 0.3) is 0 Å². The number of aliphatic hydroxyl groups excluding tert-OH is 1.